The molecule has 1 fully saturated rings. The summed E-state index contributed by atoms with van der Waals surface area (Å²) in [4.78, 5) is 18.0. The van der Waals surface area contributed by atoms with E-state index >= 15 is 0 Å². The Morgan fingerprint density at radius 1 is 1.40 bits per heavy atom. The second-order valence-corrected chi connectivity index (χ2v) is 7.05. The molecule has 2 rings (SSSR count). The zero-order valence-electron chi connectivity index (χ0n) is 12.5. The van der Waals surface area contributed by atoms with Crippen molar-refractivity contribution in [3.8, 4) is 0 Å². The molecule has 0 bridgehead atoms. The molecule has 0 spiro atoms. The molecule has 1 aliphatic rings. The Bertz CT molecular complexity index is 467. The largest absolute Gasteiger partial charge is 0.302 e. The number of thiophene rings is 1. The molecule has 6 heteroatoms. The SMILES string of the molecule is CN(Cc1ccc(C(=O)NN)s1)CC1(N(C)C)CCC1. The topological polar surface area (TPSA) is 61.6 Å². The summed E-state index contributed by atoms with van der Waals surface area (Å²) in [5.74, 6) is 4.93. The highest BCUT2D eigenvalue weighted by Crippen LogP contribution is 2.37. The second kappa shape index (κ2) is 6.22. The summed E-state index contributed by atoms with van der Waals surface area (Å²) >= 11 is 1.51. The molecule has 3 N–H and O–H groups in total. The van der Waals surface area contributed by atoms with Crippen LogP contribution in [0, 0.1) is 0 Å². The van der Waals surface area contributed by atoms with E-state index in [0.717, 1.165) is 13.1 Å². The number of nitrogens with one attached hydrogen (secondary N) is 1. The molecule has 0 aromatic carbocycles. The minimum Gasteiger partial charge on any atom is -0.302 e. The number of nitrogens with zero attached hydrogens (tertiary/aromatic N) is 2. The van der Waals surface area contributed by atoms with Crippen molar-refractivity contribution in [1.29, 1.82) is 0 Å². The average molecular weight is 296 g/mol. The third kappa shape index (κ3) is 3.20. The lowest BCUT2D eigenvalue weighted by Gasteiger charge is -2.49. The Morgan fingerprint density at radius 3 is 2.60 bits per heavy atom. The summed E-state index contributed by atoms with van der Waals surface area (Å²) in [7, 11) is 6.48. The monoisotopic (exact) mass is 296 g/mol. The first-order valence-electron chi connectivity index (χ1n) is 6.92. The van der Waals surface area contributed by atoms with Gasteiger partial charge in [0.2, 0.25) is 0 Å². The van der Waals surface area contributed by atoms with Crippen LogP contribution in [0.3, 0.4) is 0 Å². The highest BCUT2D eigenvalue weighted by atomic mass is 32.1. The standard InChI is InChI=1S/C14H24N4OS/c1-17(2)14(7-4-8-14)10-18(3)9-11-5-6-12(20-11)13(19)16-15/h5-6H,4,7-10,15H2,1-3H3,(H,16,19). The van der Waals surface area contributed by atoms with Gasteiger partial charge >= 0.3 is 0 Å². The number of carbonyl (C=O) groups excluding carboxylic acids is 1. The van der Waals surface area contributed by atoms with Crippen LogP contribution < -0.4 is 11.3 Å². The fourth-order valence-corrected chi connectivity index (χ4v) is 3.80. The maximum Gasteiger partial charge on any atom is 0.275 e. The van der Waals surface area contributed by atoms with Crippen molar-refractivity contribution in [2.24, 2.45) is 5.84 Å². The first-order chi connectivity index (χ1) is 9.47. The molecule has 112 valence electrons. The molecule has 1 aliphatic carbocycles. The van der Waals surface area contributed by atoms with Crippen LogP contribution in [0.1, 0.15) is 33.8 Å². The summed E-state index contributed by atoms with van der Waals surface area (Å²) in [5, 5.41) is 0. The quantitative estimate of drug-likeness (QED) is 0.471. The number of nitrogens with two attached hydrogens (primary N) is 1. The van der Waals surface area contributed by atoms with Gasteiger partial charge in [0.1, 0.15) is 0 Å². The fourth-order valence-electron chi connectivity index (χ4n) is 2.81. The van der Waals surface area contributed by atoms with Crippen molar-refractivity contribution in [3.63, 3.8) is 0 Å². The Labute approximate surface area is 124 Å². The maximum absolute atomic E-state index is 11.4. The van der Waals surface area contributed by atoms with Gasteiger partial charge in [0.05, 0.1) is 4.88 Å². The van der Waals surface area contributed by atoms with Crippen molar-refractivity contribution >= 4 is 17.2 Å². The maximum atomic E-state index is 11.4. The minimum absolute atomic E-state index is 0.215. The third-order valence-electron chi connectivity index (χ3n) is 4.24. The van der Waals surface area contributed by atoms with E-state index in [2.05, 4.69) is 36.4 Å². The molecule has 0 radical (unpaired) electrons. The number of amides is 1. The summed E-state index contributed by atoms with van der Waals surface area (Å²) in [6.07, 6.45) is 3.87. The molecule has 1 saturated carbocycles. The van der Waals surface area contributed by atoms with Crippen molar-refractivity contribution in [3.05, 3.63) is 21.9 Å². The first kappa shape index (κ1) is 15.4. The molecule has 1 amide bonds. The van der Waals surface area contributed by atoms with Gasteiger partial charge in [-0.25, -0.2) is 5.84 Å². The van der Waals surface area contributed by atoms with Crippen LogP contribution in [-0.2, 0) is 6.54 Å². The number of hydrazine groups is 1. The van der Waals surface area contributed by atoms with Gasteiger partial charge in [-0.1, -0.05) is 0 Å². The molecule has 1 aromatic rings. The number of carbonyl (C=O) groups is 1. The Hall–Kier alpha value is -0.950. The van der Waals surface area contributed by atoms with Crippen LogP contribution >= 0.6 is 11.3 Å². The lowest BCUT2D eigenvalue weighted by molar-refractivity contribution is 0.0261. The van der Waals surface area contributed by atoms with Gasteiger partial charge < -0.3 is 4.90 Å². The molecule has 20 heavy (non-hydrogen) atoms. The van der Waals surface area contributed by atoms with Gasteiger partial charge in [-0.3, -0.25) is 15.1 Å². The van der Waals surface area contributed by atoms with Crippen LogP contribution in [-0.4, -0.2) is 48.9 Å². The van der Waals surface area contributed by atoms with Crippen molar-refractivity contribution in [1.82, 2.24) is 15.2 Å². The van der Waals surface area contributed by atoms with E-state index in [-0.39, 0.29) is 5.91 Å². The summed E-state index contributed by atoms with van der Waals surface area (Å²) in [6.45, 7) is 1.94. The average Bonchev–Trinajstić information content (AvgIpc) is 2.80. The van der Waals surface area contributed by atoms with E-state index < -0.39 is 0 Å². The van der Waals surface area contributed by atoms with Crippen LogP contribution in [0.5, 0.6) is 0 Å². The van der Waals surface area contributed by atoms with Crippen molar-refractivity contribution in [2.75, 3.05) is 27.7 Å². The van der Waals surface area contributed by atoms with Crippen LogP contribution in [0.4, 0.5) is 0 Å². The molecular formula is C14H24N4OS. The highest BCUT2D eigenvalue weighted by molar-refractivity contribution is 7.14. The van der Waals surface area contributed by atoms with Gasteiger partial charge in [0.15, 0.2) is 0 Å². The van der Waals surface area contributed by atoms with Crippen LogP contribution in [0.25, 0.3) is 0 Å². The minimum atomic E-state index is -0.215. The number of nitrogen functional groups attached to an aromatic ring is 1. The van der Waals surface area contributed by atoms with E-state index in [1.54, 1.807) is 0 Å². The van der Waals surface area contributed by atoms with Gasteiger partial charge in [0.25, 0.3) is 5.91 Å². The lowest BCUT2D eigenvalue weighted by atomic mass is 9.75. The first-order valence-corrected chi connectivity index (χ1v) is 7.74. The third-order valence-corrected chi connectivity index (χ3v) is 5.31. The predicted octanol–water partition coefficient (Wildman–Crippen LogP) is 1.27. The summed E-state index contributed by atoms with van der Waals surface area (Å²) in [5.41, 5.74) is 2.51. The van der Waals surface area contributed by atoms with Gasteiger partial charge in [-0.05, 0) is 52.5 Å². The molecule has 5 nitrogen and oxygen atoms in total. The molecule has 0 atom stereocenters. The molecular weight excluding hydrogens is 272 g/mol. The Morgan fingerprint density at radius 2 is 2.10 bits per heavy atom. The number of hydrogen-bond donors (Lipinski definition) is 2. The summed E-state index contributed by atoms with van der Waals surface area (Å²) < 4.78 is 0. The number of likely N-dealkylation sites (N-methyl/N-ethyl adjacent to an activating group) is 2. The van der Waals surface area contributed by atoms with Crippen LogP contribution in [0.15, 0.2) is 12.1 Å². The van der Waals surface area contributed by atoms with E-state index in [0.29, 0.717) is 10.4 Å². The molecule has 1 aromatic heterocycles. The smallest absolute Gasteiger partial charge is 0.275 e. The van der Waals surface area contributed by atoms with Gasteiger partial charge in [-0.15, -0.1) is 11.3 Å². The van der Waals surface area contributed by atoms with Gasteiger partial charge in [0, 0.05) is 23.5 Å². The van der Waals surface area contributed by atoms with E-state index in [1.807, 2.05) is 12.1 Å². The second-order valence-electron chi connectivity index (χ2n) is 5.88. The highest BCUT2D eigenvalue weighted by Gasteiger charge is 2.39. The molecule has 0 aliphatic heterocycles. The van der Waals surface area contributed by atoms with E-state index in [9.17, 15) is 4.79 Å². The number of rotatable bonds is 6. The molecule has 0 saturated heterocycles. The Balaban J connectivity index is 1.93. The van der Waals surface area contributed by atoms with Crippen LogP contribution in [0.2, 0.25) is 0 Å². The predicted molar refractivity (Wildman–Crippen MR) is 82.6 cm³/mol. The Kier molecular flexibility index (Phi) is 4.80. The zero-order chi connectivity index (χ0) is 14.8. The van der Waals surface area contributed by atoms with E-state index in [1.165, 1.54) is 35.5 Å². The normalized spacial score (nSPS) is 17.3. The molecule has 1 heterocycles. The van der Waals surface area contributed by atoms with Crippen molar-refractivity contribution in [2.45, 2.75) is 31.3 Å². The zero-order valence-corrected chi connectivity index (χ0v) is 13.3. The molecule has 0 unspecified atom stereocenters. The summed E-state index contributed by atoms with van der Waals surface area (Å²) in [6, 6.07) is 3.84. The van der Waals surface area contributed by atoms with Crippen molar-refractivity contribution < 1.29 is 4.79 Å². The van der Waals surface area contributed by atoms with Gasteiger partial charge in [-0.2, -0.15) is 0 Å². The lowest BCUT2D eigenvalue weighted by Crippen LogP contribution is -2.56. The van der Waals surface area contributed by atoms with E-state index in [4.69, 9.17) is 5.84 Å². The fraction of sp³-hybridized carbons (Fsp3) is 0.643. The number of hydrogen-bond acceptors (Lipinski definition) is 5.